The van der Waals surface area contributed by atoms with Crippen molar-refractivity contribution in [1.82, 2.24) is 10.2 Å². The summed E-state index contributed by atoms with van der Waals surface area (Å²) in [5, 5.41) is 14.2. The molecule has 3 nitrogen and oxygen atoms in total. The summed E-state index contributed by atoms with van der Waals surface area (Å²) >= 11 is 0. The summed E-state index contributed by atoms with van der Waals surface area (Å²) in [6.07, 6.45) is 0.855. The van der Waals surface area contributed by atoms with Gasteiger partial charge in [-0.05, 0) is 28.7 Å². The second-order valence-corrected chi connectivity index (χ2v) is 8.79. The third-order valence-electron chi connectivity index (χ3n) is 6.29. The van der Waals surface area contributed by atoms with Gasteiger partial charge in [0.15, 0.2) is 0 Å². The maximum atomic E-state index is 10.5. The molecule has 2 atom stereocenters. The van der Waals surface area contributed by atoms with Gasteiger partial charge in [0.05, 0.1) is 6.61 Å². The van der Waals surface area contributed by atoms with Crippen LogP contribution < -0.4 is 5.32 Å². The number of nitrogens with one attached hydrogen (secondary N) is 1. The lowest BCUT2D eigenvalue weighted by atomic mass is 9.96. The molecule has 4 rings (SSSR count). The van der Waals surface area contributed by atoms with Crippen molar-refractivity contribution >= 4 is 0 Å². The Labute approximate surface area is 203 Å². The van der Waals surface area contributed by atoms with Gasteiger partial charge in [0, 0.05) is 31.7 Å². The third kappa shape index (κ3) is 7.13. The molecule has 3 heteroatoms. The van der Waals surface area contributed by atoms with Gasteiger partial charge in [0.2, 0.25) is 0 Å². The molecule has 0 fully saturated rings. The van der Waals surface area contributed by atoms with Crippen molar-refractivity contribution in [1.29, 1.82) is 0 Å². The molecule has 2 N–H and O–H groups in total. The Balaban J connectivity index is 1.63. The maximum Gasteiger partial charge on any atom is 0.0600 e. The molecular formula is C31H34N2O. The molecule has 34 heavy (non-hydrogen) atoms. The summed E-state index contributed by atoms with van der Waals surface area (Å²) < 4.78 is 0. The van der Waals surface area contributed by atoms with E-state index in [1.807, 2.05) is 6.07 Å². The van der Waals surface area contributed by atoms with Crippen molar-refractivity contribution in [3.63, 3.8) is 0 Å². The smallest absolute Gasteiger partial charge is 0.0600 e. The number of hydrogen-bond donors (Lipinski definition) is 2. The van der Waals surface area contributed by atoms with E-state index >= 15 is 0 Å². The molecular weight excluding hydrogens is 416 g/mol. The van der Waals surface area contributed by atoms with E-state index in [2.05, 4.69) is 125 Å². The van der Waals surface area contributed by atoms with Gasteiger partial charge in [-0.3, -0.25) is 4.90 Å². The van der Waals surface area contributed by atoms with E-state index in [1.54, 1.807) is 0 Å². The van der Waals surface area contributed by atoms with E-state index in [9.17, 15) is 5.11 Å². The summed E-state index contributed by atoms with van der Waals surface area (Å²) in [6.45, 7) is 2.43. The first-order valence-corrected chi connectivity index (χ1v) is 12.1. The Bertz CT molecular complexity index is 1030. The highest BCUT2D eigenvalue weighted by Crippen LogP contribution is 2.20. The molecule has 0 saturated carbocycles. The molecule has 0 saturated heterocycles. The predicted molar refractivity (Wildman–Crippen MR) is 140 cm³/mol. The van der Waals surface area contributed by atoms with Crippen molar-refractivity contribution in [2.45, 2.75) is 38.1 Å². The zero-order chi connectivity index (χ0) is 23.4. The zero-order valence-electron chi connectivity index (χ0n) is 19.6. The molecule has 0 aromatic heterocycles. The minimum atomic E-state index is -0.0761. The van der Waals surface area contributed by atoms with Crippen LogP contribution in [0, 0.1) is 0 Å². The number of rotatable bonds is 12. The molecule has 0 bridgehead atoms. The fraction of sp³-hybridized carbons (Fsp3) is 0.226. The third-order valence-corrected chi connectivity index (χ3v) is 6.29. The largest absolute Gasteiger partial charge is 0.395 e. The number of hydrogen-bond acceptors (Lipinski definition) is 3. The normalized spacial score (nSPS) is 13.0. The minimum Gasteiger partial charge on any atom is -0.395 e. The van der Waals surface area contributed by atoms with Crippen LogP contribution in [-0.2, 0) is 26.1 Å². The van der Waals surface area contributed by atoms with Crippen LogP contribution >= 0.6 is 0 Å². The summed E-state index contributed by atoms with van der Waals surface area (Å²) in [5.74, 6) is 0. The van der Waals surface area contributed by atoms with E-state index < -0.39 is 0 Å². The average molecular weight is 451 g/mol. The van der Waals surface area contributed by atoms with E-state index in [4.69, 9.17) is 0 Å². The summed E-state index contributed by atoms with van der Waals surface area (Å²) in [4.78, 5) is 2.51. The Hall–Kier alpha value is -3.24. The first kappa shape index (κ1) is 23.9. The molecule has 0 unspecified atom stereocenters. The van der Waals surface area contributed by atoms with Crippen LogP contribution in [0.1, 0.15) is 22.3 Å². The number of aliphatic hydroxyl groups is 1. The summed E-state index contributed by atoms with van der Waals surface area (Å²) in [6, 6.07) is 42.3. The molecule has 4 aromatic carbocycles. The molecule has 0 aliphatic rings. The van der Waals surface area contributed by atoms with Crippen LogP contribution in [0.3, 0.4) is 0 Å². The Kier molecular flexibility index (Phi) is 9.04. The molecule has 0 spiro atoms. The topological polar surface area (TPSA) is 35.5 Å². The van der Waals surface area contributed by atoms with E-state index in [0.29, 0.717) is 0 Å². The van der Waals surface area contributed by atoms with Gasteiger partial charge in [0.1, 0.15) is 0 Å². The first-order chi connectivity index (χ1) is 16.8. The SMILES string of the molecule is OC[C@H](NCc1ccccc1)[C@H](Cc1ccccc1)N(Cc1ccccc1)Cc1ccccc1. The highest BCUT2D eigenvalue weighted by atomic mass is 16.3. The zero-order valence-corrected chi connectivity index (χ0v) is 19.6. The van der Waals surface area contributed by atoms with Crippen LogP contribution in [0.15, 0.2) is 121 Å². The minimum absolute atomic E-state index is 0.0738. The molecule has 0 amide bonds. The standard InChI is InChI=1S/C31H34N2O/c34-25-30(32-22-27-15-7-2-8-16-27)31(21-26-13-5-1-6-14-26)33(23-28-17-9-3-10-18-28)24-29-19-11-4-12-20-29/h1-20,30-32,34H,21-25H2/t30-,31-/m0/s1. The van der Waals surface area contributed by atoms with Gasteiger partial charge in [-0.15, -0.1) is 0 Å². The lowest BCUT2D eigenvalue weighted by Crippen LogP contribution is -2.52. The molecule has 0 aliphatic carbocycles. The van der Waals surface area contributed by atoms with Crippen LogP contribution in [0.25, 0.3) is 0 Å². The highest BCUT2D eigenvalue weighted by molar-refractivity contribution is 5.21. The van der Waals surface area contributed by atoms with Gasteiger partial charge in [0.25, 0.3) is 0 Å². The maximum absolute atomic E-state index is 10.5. The van der Waals surface area contributed by atoms with Crippen LogP contribution in [-0.4, -0.2) is 28.7 Å². The fourth-order valence-corrected chi connectivity index (χ4v) is 4.47. The average Bonchev–Trinajstić information content (AvgIpc) is 2.90. The molecule has 0 heterocycles. The molecule has 174 valence electrons. The molecule has 4 aromatic rings. The van der Waals surface area contributed by atoms with Crippen molar-refractivity contribution < 1.29 is 5.11 Å². The van der Waals surface area contributed by atoms with Crippen molar-refractivity contribution in [2.75, 3.05) is 6.61 Å². The number of nitrogens with zero attached hydrogens (tertiary/aromatic N) is 1. The lowest BCUT2D eigenvalue weighted by Gasteiger charge is -2.37. The molecule has 0 aliphatic heterocycles. The van der Waals surface area contributed by atoms with Crippen LogP contribution in [0.4, 0.5) is 0 Å². The van der Waals surface area contributed by atoms with Gasteiger partial charge in [-0.25, -0.2) is 0 Å². The highest BCUT2D eigenvalue weighted by Gasteiger charge is 2.28. The van der Waals surface area contributed by atoms with Crippen LogP contribution in [0.5, 0.6) is 0 Å². The van der Waals surface area contributed by atoms with E-state index in [0.717, 1.165) is 26.1 Å². The Morgan fingerprint density at radius 3 is 1.41 bits per heavy atom. The predicted octanol–water partition coefficient (Wildman–Crippen LogP) is 5.45. The lowest BCUT2D eigenvalue weighted by molar-refractivity contribution is 0.103. The summed E-state index contributed by atoms with van der Waals surface area (Å²) in [5.41, 5.74) is 5.04. The second-order valence-electron chi connectivity index (χ2n) is 8.79. The van der Waals surface area contributed by atoms with E-state index in [-0.39, 0.29) is 18.7 Å². The van der Waals surface area contributed by atoms with Gasteiger partial charge < -0.3 is 10.4 Å². The number of benzene rings is 4. The Morgan fingerprint density at radius 1 is 0.559 bits per heavy atom. The van der Waals surface area contributed by atoms with Gasteiger partial charge in [-0.2, -0.15) is 0 Å². The van der Waals surface area contributed by atoms with Crippen molar-refractivity contribution in [3.8, 4) is 0 Å². The quantitative estimate of drug-likeness (QED) is 0.301. The van der Waals surface area contributed by atoms with Crippen molar-refractivity contribution in [2.24, 2.45) is 0 Å². The summed E-state index contributed by atoms with van der Waals surface area (Å²) in [7, 11) is 0. The Morgan fingerprint density at radius 2 is 0.971 bits per heavy atom. The monoisotopic (exact) mass is 450 g/mol. The second kappa shape index (κ2) is 12.9. The first-order valence-electron chi connectivity index (χ1n) is 12.1. The van der Waals surface area contributed by atoms with Crippen molar-refractivity contribution in [3.05, 3.63) is 144 Å². The van der Waals surface area contributed by atoms with Crippen LogP contribution in [0.2, 0.25) is 0 Å². The van der Waals surface area contributed by atoms with E-state index in [1.165, 1.54) is 22.3 Å². The fourth-order valence-electron chi connectivity index (χ4n) is 4.47. The number of aliphatic hydroxyl groups excluding tert-OH is 1. The molecule has 0 radical (unpaired) electrons. The van der Waals surface area contributed by atoms with Gasteiger partial charge in [-0.1, -0.05) is 121 Å². The van der Waals surface area contributed by atoms with Gasteiger partial charge >= 0.3 is 0 Å².